The molecule has 0 bridgehead atoms. The molecule has 0 aliphatic carbocycles. The van der Waals surface area contributed by atoms with Crippen molar-refractivity contribution in [1.82, 2.24) is 10.7 Å². The van der Waals surface area contributed by atoms with Crippen LogP contribution in [0.1, 0.15) is 47.5 Å². The van der Waals surface area contributed by atoms with Crippen molar-refractivity contribution in [3.8, 4) is 0 Å². The Hall–Kier alpha value is -0.690. The van der Waals surface area contributed by atoms with Gasteiger partial charge in [0.2, 0.25) is 5.91 Å². The first kappa shape index (κ1) is 16.4. The molecule has 5 N–H and O–H groups in total. The Morgan fingerprint density at radius 3 is 2.16 bits per heavy atom. The van der Waals surface area contributed by atoms with Crippen LogP contribution in [-0.4, -0.2) is 46.1 Å². The van der Waals surface area contributed by atoms with E-state index in [1.54, 1.807) is 0 Å². The first-order valence-corrected chi connectivity index (χ1v) is 6.90. The predicted octanol–water partition coefficient (Wildman–Crippen LogP) is 0.511. The van der Waals surface area contributed by atoms with E-state index in [2.05, 4.69) is 10.7 Å². The summed E-state index contributed by atoms with van der Waals surface area (Å²) in [5, 5.41) is 14.0. The van der Waals surface area contributed by atoms with Gasteiger partial charge in [-0.3, -0.25) is 4.79 Å². The van der Waals surface area contributed by atoms with Crippen molar-refractivity contribution < 1.29 is 14.8 Å². The first-order valence-electron chi connectivity index (χ1n) is 6.90. The van der Waals surface area contributed by atoms with Gasteiger partial charge in [-0.15, -0.1) is 10.2 Å². The molecule has 1 fully saturated rings. The molecule has 0 saturated carbocycles. The molecule has 1 saturated heterocycles. The molecule has 0 spiro atoms. The minimum Gasteiger partial charge on any atom is -0.353 e. The van der Waals surface area contributed by atoms with Crippen LogP contribution in [0.4, 0.5) is 0 Å². The van der Waals surface area contributed by atoms with E-state index in [0.717, 1.165) is 0 Å². The Bertz CT molecular complexity index is 324. The highest BCUT2D eigenvalue weighted by Crippen LogP contribution is 2.42. The summed E-state index contributed by atoms with van der Waals surface area (Å²) in [6.07, 6.45) is 1.42. The van der Waals surface area contributed by atoms with Crippen LogP contribution < -0.4 is 16.5 Å². The van der Waals surface area contributed by atoms with Gasteiger partial charge in [-0.05, 0) is 27.7 Å². The van der Waals surface area contributed by atoms with Gasteiger partial charge in [0.25, 0.3) is 0 Å². The highest BCUT2D eigenvalue weighted by Gasteiger charge is 2.60. The van der Waals surface area contributed by atoms with Crippen molar-refractivity contribution >= 4 is 5.91 Å². The SMILES string of the molecule is CC(=O)NC1CC(C)(C)[N+](O)(NCCN)C(C)(C)C1. The molecular weight excluding hydrogens is 244 g/mol. The summed E-state index contributed by atoms with van der Waals surface area (Å²) in [6, 6.07) is 0.0839. The summed E-state index contributed by atoms with van der Waals surface area (Å²) >= 11 is 0. The number of hydroxylamine groups is 2. The van der Waals surface area contributed by atoms with Gasteiger partial charge < -0.3 is 11.1 Å². The highest BCUT2D eigenvalue weighted by atomic mass is 16.6. The molecule has 0 atom stereocenters. The lowest BCUT2D eigenvalue weighted by Crippen LogP contribution is -2.80. The van der Waals surface area contributed by atoms with Gasteiger partial charge >= 0.3 is 0 Å². The minimum absolute atomic E-state index is 0.0237. The van der Waals surface area contributed by atoms with Crippen LogP contribution in [0.2, 0.25) is 0 Å². The number of rotatable bonds is 4. The lowest BCUT2D eigenvalue weighted by atomic mass is 9.77. The lowest BCUT2D eigenvalue weighted by Gasteiger charge is -2.56. The van der Waals surface area contributed by atoms with E-state index in [9.17, 15) is 10.0 Å². The zero-order valence-electron chi connectivity index (χ0n) is 12.8. The van der Waals surface area contributed by atoms with E-state index >= 15 is 0 Å². The Morgan fingerprint density at radius 1 is 1.32 bits per heavy atom. The van der Waals surface area contributed by atoms with Gasteiger partial charge in [-0.1, -0.05) is 0 Å². The Balaban J connectivity index is 2.98. The summed E-state index contributed by atoms with van der Waals surface area (Å²) < 4.78 is -0.229. The summed E-state index contributed by atoms with van der Waals surface area (Å²) in [4.78, 5) is 11.3. The van der Waals surface area contributed by atoms with Crippen molar-refractivity contribution in [1.29, 1.82) is 0 Å². The average Bonchev–Trinajstić information content (AvgIpc) is 2.21. The average molecular weight is 273 g/mol. The second-order valence-corrected chi connectivity index (χ2v) is 6.76. The molecule has 0 aromatic carbocycles. The molecule has 1 aliphatic heterocycles. The van der Waals surface area contributed by atoms with Gasteiger partial charge in [0, 0.05) is 32.4 Å². The van der Waals surface area contributed by atoms with E-state index in [0.29, 0.717) is 25.9 Å². The summed E-state index contributed by atoms with van der Waals surface area (Å²) in [7, 11) is 0. The third kappa shape index (κ3) is 3.08. The van der Waals surface area contributed by atoms with E-state index in [-0.39, 0.29) is 16.7 Å². The molecule has 6 heteroatoms. The standard InChI is InChI=1S/C13H28N4O2/c1-10(18)16-11-8-12(2,3)17(19,15-7-6-14)13(4,5)9-11/h11,15,19H,6-9,14H2,1-5H3/p+1. The van der Waals surface area contributed by atoms with Crippen molar-refractivity contribution in [3.63, 3.8) is 0 Å². The number of carbonyl (C=O) groups is 1. The van der Waals surface area contributed by atoms with Crippen LogP contribution in [0.5, 0.6) is 0 Å². The van der Waals surface area contributed by atoms with E-state index in [1.807, 2.05) is 27.7 Å². The fourth-order valence-corrected chi connectivity index (χ4v) is 3.41. The van der Waals surface area contributed by atoms with Gasteiger partial charge in [-0.2, -0.15) is 5.21 Å². The number of carbonyl (C=O) groups excluding carboxylic acids is 1. The van der Waals surface area contributed by atoms with E-state index < -0.39 is 11.1 Å². The highest BCUT2D eigenvalue weighted by molar-refractivity contribution is 5.73. The maximum Gasteiger partial charge on any atom is 0.217 e. The molecule has 0 unspecified atom stereocenters. The van der Waals surface area contributed by atoms with Crippen molar-refractivity contribution in [2.24, 2.45) is 5.73 Å². The number of hydrogen-bond acceptors (Lipinski definition) is 4. The molecule has 0 aromatic heterocycles. The molecule has 0 radical (unpaired) electrons. The third-order valence-electron chi connectivity index (χ3n) is 4.14. The largest absolute Gasteiger partial charge is 0.353 e. The van der Waals surface area contributed by atoms with Gasteiger partial charge in [0.05, 0.1) is 6.54 Å². The van der Waals surface area contributed by atoms with Crippen molar-refractivity contribution in [3.05, 3.63) is 0 Å². The lowest BCUT2D eigenvalue weighted by molar-refractivity contribution is -1.20. The first-order chi connectivity index (χ1) is 8.56. The Morgan fingerprint density at radius 2 is 1.79 bits per heavy atom. The topological polar surface area (TPSA) is 87.4 Å². The number of nitrogens with zero attached hydrogens (tertiary/aromatic N) is 1. The minimum atomic E-state index is -0.413. The molecule has 112 valence electrons. The monoisotopic (exact) mass is 273 g/mol. The van der Waals surface area contributed by atoms with Gasteiger partial charge in [-0.25, -0.2) is 0 Å². The van der Waals surface area contributed by atoms with Gasteiger partial charge in [0.1, 0.15) is 11.1 Å². The zero-order valence-corrected chi connectivity index (χ0v) is 12.8. The number of quaternary nitrogens is 1. The molecular formula is C13H29N4O2+. The Kier molecular flexibility index (Phi) is 4.62. The number of nitrogens with two attached hydrogens (primary N) is 1. The number of piperidine rings is 1. The van der Waals surface area contributed by atoms with Crippen LogP contribution in [0.15, 0.2) is 0 Å². The number of hydrogen-bond donors (Lipinski definition) is 4. The molecule has 19 heavy (non-hydrogen) atoms. The van der Waals surface area contributed by atoms with Crippen LogP contribution in [0.3, 0.4) is 0 Å². The predicted molar refractivity (Wildman–Crippen MR) is 74.1 cm³/mol. The van der Waals surface area contributed by atoms with Crippen LogP contribution in [0.25, 0.3) is 0 Å². The van der Waals surface area contributed by atoms with E-state index in [4.69, 9.17) is 5.73 Å². The van der Waals surface area contributed by atoms with Crippen LogP contribution in [0, 0.1) is 0 Å². The molecule has 0 aromatic rings. The van der Waals surface area contributed by atoms with Crippen LogP contribution >= 0.6 is 0 Å². The fraction of sp³-hybridized carbons (Fsp3) is 0.923. The van der Waals surface area contributed by atoms with Crippen LogP contribution in [-0.2, 0) is 4.79 Å². The summed E-state index contributed by atoms with van der Waals surface area (Å²) in [6.45, 7) is 10.6. The number of amides is 1. The summed E-state index contributed by atoms with van der Waals surface area (Å²) in [5.41, 5.74) is 7.87. The molecule has 1 heterocycles. The third-order valence-corrected chi connectivity index (χ3v) is 4.14. The maximum absolute atomic E-state index is 11.3. The van der Waals surface area contributed by atoms with Gasteiger partial charge in [0.15, 0.2) is 0 Å². The molecule has 6 nitrogen and oxygen atoms in total. The van der Waals surface area contributed by atoms with E-state index in [1.165, 1.54) is 6.92 Å². The summed E-state index contributed by atoms with van der Waals surface area (Å²) in [5.74, 6) is -0.0237. The second-order valence-electron chi connectivity index (χ2n) is 6.76. The molecule has 1 rings (SSSR count). The fourth-order valence-electron chi connectivity index (χ4n) is 3.41. The number of nitrogens with one attached hydrogen (secondary N) is 2. The molecule has 1 amide bonds. The molecule has 1 aliphatic rings. The maximum atomic E-state index is 11.3. The Labute approximate surface area is 115 Å². The normalized spacial score (nSPS) is 32.9. The van der Waals surface area contributed by atoms with Crippen molar-refractivity contribution in [2.45, 2.75) is 64.6 Å². The quantitative estimate of drug-likeness (QED) is 0.562. The second kappa shape index (κ2) is 5.36. The smallest absolute Gasteiger partial charge is 0.217 e. The van der Waals surface area contributed by atoms with Crippen molar-refractivity contribution in [2.75, 3.05) is 13.1 Å². The zero-order chi connectivity index (χ0) is 14.9.